The average molecular weight is 269 g/mol. The molecule has 4 heteroatoms. The van der Waals surface area contributed by atoms with E-state index in [-0.39, 0.29) is 11.9 Å². The van der Waals surface area contributed by atoms with Crippen molar-refractivity contribution in [1.29, 1.82) is 0 Å². The zero-order chi connectivity index (χ0) is 11.0. The molecule has 1 amide bonds. The van der Waals surface area contributed by atoms with Gasteiger partial charge in [-0.2, -0.15) is 0 Å². The van der Waals surface area contributed by atoms with Crippen molar-refractivity contribution in [3.05, 3.63) is 22.2 Å². The van der Waals surface area contributed by atoms with Gasteiger partial charge in [0.25, 0.3) is 0 Å². The van der Waals surface area contributed by atoms with Crippen LogP contribution < -0.4 is 10.6 Å². The van der Waals surface area contributed by atoms with Gasteiger partial charge < -0.3 is 10.6 Å². The quantitative estimate of drug-likeness (QED) is 0.823. The molecule has 0 bridgehead atoms. The molecule has 0 saturated heterocycles. The molecule has 3 nitrogen and oxygen atoms in total. The number of halogens is 1. The number of aryl methyl sites for hydroxylation is 1. The van der Waals surface area contributed by atoms with Crippen molar-refractivity contribution in [2.75, 3.05) is 10.6 Å². The summed E-state index contributed by atoms with van der Waals surface area (Å²) in [6.07, 6.45) is 0.789. The molecule has 1 heterocycles. The van der Waals surface area contributed by atoms with Gasteiger partial charge >= 0.3 is 0 Å². The molecule has 0 aromatic heterocycles. The Morgan fingerprint density at radius 2 is 2.20 bits per heavy atom. The summed E-state index contributed by atoms with van der Waals surface area (Å²) in [4.78, 5) is 11.6. The number of benzene rings is 1. The zero-order valence-corrected chi connectivity index (χ0v) is 10.3. The monoisotopic (exact) mass is 268 g/mol. The fourth-order valence-electron chi connectivity index (χ4n) is 1.77. The molecule has 0 aliphatic carbocycles. The van der Waals surface area contributed by atoms with E-state index >= 15 is 0 Å². The normalized spacial score (nSPS) is 19.1. The summed E-state index contributed by atoms with van der Waals surface area (Å²) < 4.78 is 1.03. The zero-order valence-electron chi connectivity index (χ0n) is 8.73. The minimum atomic E-state index is -0.119. The van der Waals surface area contributed by atoms with Crippen LogP contribution in [-0.2, 0) is 4.79 Å². The summed E-state index contributed by atoms with van der Waals surface area (Å²) in [5.41, 5.74) is 2.95. The van der Waals surface area contributed by atoms with E-state index in [1.165, 1.54) is 0 Å². The maximum Gasteiger partial charge on any atom is 0.246 e. The van der Waals surface area contributed by atoms with Gasteiger partial charge in [0, 0.05) is 4.47 Å². The minimum absolute atomic E-state index is 0.0513. The summed E-state index contributed by atoms with van der Waals surface area (Å²) in [6.45, 7) is 3.98. The van der Waals surface area contributed by atoms with Crippen LogP contribution >= 0.6 is 15.9 Å². The van der Waals surface area contributed by atoms with Crippen molar-refractivity contribution in [3.8, 4) is 0 Å². The molecule has 0 spiro atoms. The van der Waals surface area contributed by atoms with E-state index in [9.17, 15) is 4.79 Å². The van der Waals surface area contributed by atoms with Gasteiger partial charge in [-0.05, 0) is 31.0 Å². The number of carbonyl (C=O) groups excluding carboxylic acids is 1. The number of hydrogen-bond donors (Lipinski definition) is 2. The van der Waals surface area contributed by atoms with E-state index in [0.29, 0.717) is 0 Å². The smallest absolute Gasteiger partial charge is 0.246 e. The molecule has 1 unspecified atom stereocenters. The van der Waals surface area contributed by atoms with Crippen LogP contribution in [0.25, 0.3) is 0 Å². The Bertz CT molecular complexity index is 417. The topological polar surface area (TPSA) is 41.1 Å². The van der Waals surface area contributed by atoms with Gasteiger partial charge in [0.05, 0.1) is 11.4 Å². The first-order valence-electron chi connectivity index (χ1n) is 4.99. The van der Waals surface area contributed by atoms with Crippen molar-refractivity contribution in [2.24, 2.45) is 0 Å². The predicted octanol–water partition coefficient (Wildman–Crippen LogP) is 2.90. The first-order valence-corrected chi connectivity index (χ1v) is 5.78. The van der Waals surface area contributed by atoms with Crippen LogP contribution in [-0.4, -0.2) is 11.9 Å². The molecule has 1 aliphatic heterocycles. The first kappa shape index (κ1) is 10.5. The second-order valence-corrected chi connectivity index (χ2v) is 4.66. The lowest BCUT2D eigenvalue weighted by Gasteiger charge is -2.27. The molecule has 2 N–H and O–H groups in total. The molecule has 1 aromatic rings. The Morgan fingerprint density at radius 1 is 1.47 bits per heavy atom. The fourth-order valence-corrected chi connectivity index (χ4v) is 2.35. The number of hydrogen-bond acceptors (Lipinski definition) is 2. The summed E-state index contributed by atoms with van der Waals surface area (Å²) >= 11 is 3.45. The summed E-state index contributed by atoms with van der Waals surface area (Å²) in [5.74, 6) is 0.0513. The second kappa shape index (κ2) is 3.85. The van der Waals surface area contributed by atoms with E-state index in [0.717, 1.165) is 27.8 Å². The van der Waals surface area contributed by atoms with Gasteiger partial charge in [0.2, 0.25) is 5.91 Å². The molecule has 15 heavy (non-hydrogen) atoms. The van der Waals surface area contributed by atoms with E-state index in [1.807, 2.05) is 26.0 Å². The highest BCUT2D eigenvalue weighted by molar-refractivity contribution is 9.10. The number of fused-ring (bicyclic) bond motifs is 1. The number of anilines is 2. The summed E-state index contributed by atoms with van der Waals surface area (Å²) in [7, 11) is 0. The lowest BCUT2D eigenvalue weighted by molar-refractivity contribution is -0.117. The maximum absolute atomic E-state index is 11.6. The third kappa shape index (κ3) is 1.86. The number of carbonyl (C=O) groups is 1. The van der Waals surface area contributed by atoms with E-state index in [1.54, 1.807) is 0 Å². The first-order chi connectivity index (χ1) is 7.11. The molecule has 1 aromatic carbocycles. The Hall–Kier alpha value is -1.03. The van der Waals surface area contributed by atoms with Crippen LogP contribution in [0.3, 0.4) is 0 Å². The highest BCUT2D eigenvalue weighted by atomic mass is 79.9. The molecule has 0 saturated carbocycles. The summed E-state index contributed by atoms with van der Waals surface area (Å²) in [6, 6.07) is 3.86. The third-order valence-electron chi connectivity index (χ3n) is 2.60. The molecule has 1 aliphatic rings. The molecule has 2 rings (SSSR count). The van der Waals surface area contributed by atoms with Crippen LogP contribution in [0.15, 0.2) is 16.6 Å². The van der Waals surface area contributed by atoms with Gasteiger partial charge in [-0.1, -0.05) is 22.9 Å². The maximum atomic E-state index is 11.6. The van der Waals surface area contributed by atoms with Gasteiger partial charge in [0.15, 0.2) is 0 Å². The molecule has 0 fully saturated rings. The lowest BCUT2D eigenvalue weighted by atomic mass is 10.1. The van der Waals surface area contributed by atoms with Crippen molar-refractivity contribution in [1.82, 2.24) is 0 Å². The van der Waals surface area contributed by atoms with Crippen LogP contribution in [0.5, 0.6) is 0 Å². The van der Waals surface area contributed by atoms with Crippen LogP contribution in [0.4, 0.5) is 11.4 Å². The van der Waals surface area contributed by atoms with Crippen molar-refractivity contribution >= 4 is 33.2 Å². The Balaban J connectivity index is 2.45. The van der Waals surface area contributed by atoms with E-state index in [2.05, 4.69) is 26.6 Å². The van der Waals surface area contributed by atoms with Crippen molar-refractivity contribution < 1.29 is 4.79 Å². The molecule has 1 atom stereocenters. The fraction of sp³-hybridized carbons (Fsp3) is 0.364. The number of nitrogens with one attached hydrogen (secondary N) is 2. The van der Waals surface area contributed by atoms with Crippen LogP contribution in [0.2, 0.25) is 0 Å². The van der Waals surface area contributed by atoms with Crippen LogP contribution in [0.1, 0.15) is 18.9 Å². The van der Waals surface area contributed by atoms with Crippen molar-refractivity contribution in [2.45, 2.75) is 26.3 Å². The standard InChI is InChI=1S/C11H13BrN2O/c1-3-8-11(15)14-10-6(2)4-7(12)5-9(10)13-8/h4-5,8,13H,3H2,1-2H3,(H,14,15). The Kier molecular flexibility index (Phi) is 2.69. The lowest BCUT2D eigenvalue weighted by Crippen LogP contribution is -2.38. The second-order valence-electron chi connectivity index (χ2n) is 3.74. The van der Waals surface area contributed by atoms with E-state index in [4.69, 9.17) is 0 Å². The average Bonchev–Trinajstić information content (AvgIpc) is 2.18. The van der Waals surface area contributed by atoms with Gasteiger partial charge in [-0.3, -0.25) is 4.79 Å². The predicted molar refractivity (Wildman–Crippen MR) is 65.2 cm³/mol. The van der Waals surface area contributed by atoms with Crippen LogP contribution in [0, 0.1) is 6.92 Å². The third-order valence-corrected chi connectivity index (χ3v) is 3.06. The van der Waals surface area contributed by atoms with Gasteiger partial charge in [-0.15, -0.1) is 0 Å². The Morgan fingerprint density at radius 3 is 2.87 bits per heavy atom. The Labute approximate surface area is 97.4 Å². The van der Waals surface area contributed by atoms with Gasteiger partial charge in [-0.25, -0.2) is 0 Å². The minimum Gasteiger partial charge on any atom is -0.372 e. The molecule has 0 radical (unpaired) electrons. The molecular weight excluding hydrogens is 256 g/mol. The number of amides is 1. The van der Waals surface area contributed by atoms with E-state index < -0.39 is 0 Å². The largest absolute Gasteiger partial charge is 0.372 e. The molecule has 80 valence electrons. The van der Waals surface area contributed by atoms with Crippen molar-refractivity contribution in [3.63, 3.8) is 0 Å². The number of rotatable bonds is 1. The van der Waals surface area contributed by atoms with Gasteiger partial charge in [0.1, 0.15) is 6.04 Å². The highest BCUT2D eigenvalue weighted by Gasteiger charge is 2.24. The summed E-state index contributed by atoms with van der Waals surface area (Å²) in [5, 5.41) is 6.17. The molecular formula is C11H13BrN2O. The highest BCUT2D eigenvalue weighted by Crippen LogP contribution is 2.33. The SMILES string of the molecule is CCC1Nc2cc(Br)cc(C)c2NC1=O.